The van der Waals surface area contributed by atoms with E-state index in [9.17, 15) is 4.79 Å². The third kappa shape index (κ3) is 8.62. The summed E-state index contributed by atoms with van der Waals surface area (Å²) in [7, 11) is 3.21. The molecular formula is C33H35NO5. The summed E-state index contributed by atoms with van der Waals surface area (Å²) in [6, 6.07) is 33.6. The molecule has 4 aromatic carbocycles. The van der Waals surface area contributed by atoms with E-state index in [1.165, 1.54) is 0 Å². The first-order valence-corrected chi connectivity index (χ1v) is 13.0. The predicted octanol–water partition coefficient (Wildman–Crippen LogP) is 6.29. The van der Waals surface area contributed by atoms with E-state index in [0.29, 0.717) is 44.1 Å². The van der Waals surface area contributed by atoms with Gasteiger partial charge in [-0.3, -0.25) is 4.79 Å². The summed E-state index contributed by atoms with van der Waals surface area (Å²) in [5, 5.41) is 3.05. The van der Waals surface area contributed by atoms with Crippen LogP contribution >= 0.6 is 0 Å². The topological polar surface area (TPSA) is 66.0 Å². The molecule has 0 fully saturated rings. The number of amides is 1. The van der Waals surface area contributed by atoms with Crippen LogP contribution in [0.25, 0.3) is 0 Å². The van der Waals surface area contributed by atoms with Gasteiger partial charge in [-0.25, -0.2) is 0 Å². The molecule has 1 unspecified atom stereocenters. The highest BCUT2D eigenvalue weighted by Crippen LogP contribution is 2.28. The molecule has 0 aliphatic heterocycles. The van der Waals surface area contributed by atoms with E-state index in [1.54, 1.807) is 14.2 Å². The van der Waals surface area contributed by atoms with Crippen LogP contribution in [0.4, 0.5) is 0 Å². The fourth-order valence-electron chi connectivity index (χ4n) is 4.15. The SMILES string of the molecule is COc1ccc(CCC(=O)NCC(OCc2ccccc2)c2ccc(OCc3ccccc3)cc2)cc1OC. The van der Waals surface area contributed by atoms with Crippen LogP contribution in [0.5, 0.6) is 17.2 Å². The molecule has 0 spiro atoms. The molecule has 4 aromatic rings. The Morgan fingerprint density at radius 3 is 2.00 bits per heavy atom. The number of rotatable bonds is 14. The van der Waals surface area contributed by atoms with Crippen molar-refractivity contribution in [2.24, 2.45) is 0 Å². The van der Waals surface area contributed by atoms with Crippen LogP contribution in [0.2, 0.25) is 0 Å². The maximum absolute atomic E-state index is 12.7. The van der Waals surface area contributed by atoms with Crippen LogP contribution in [-0.4, -0.2) is 26.7 Å². The minimum absolute atomic E-state index is 0.0408. The Balaban J connectivity index is 1.35. The highest BCUT2D eigenvalue weighted by atomic mass is 16.5. The van der Waals surface area contributed by atoms with E-state index < -0.39 is 0 Å². The molecule has 6 nitrogen and oxygen atoms in total. The van der Waals surface area contributed by atoms with Crippen LogP contribution in [0.15, 0.2) is 103 Å². The number of hydrogen-bond donors (Lipinski definition) is 1. The molecular weight excluding hydrogens is 490 g/mol. The third-order valence-corrected chi connectivity index (χ3v) is 6.37. The summed E-state index contributed by atoms with van der Waals surface area (Å²) in [5.41, 5.74) is 4.16. The number of aryl methyl sites for hydroxylation is 1. The summed E-state index contributed by atoms with van der Waals surface area (Å²) in [4.78, 5) is 12.7. The van der Waals surface area contributed by atoms with Crippen molar-refractivity contribution in [3.8, 4) is 17.2 Å². The zero-order valence-electron chi connectivity index (χ0n) is 22.5. The predicted molar refractivity (Wildman–Crippen MR) is 152 cm³/mol. The van der Waals surface area contributed by atoms with E-state index >= 15 is 0 Å². The molecule has 0 saturated heterocycles. The molecule has 0 bridgehead atoms. The van der Waals surface area contributed by atoms with Gasteiger partial charge in [0.05, 0.1) is 20.8 Å². The molecule has 4 rings (SSSR count). The quantitative estimate of drug-likeness (QED) is 0.210. The first-order chi connectivity index (χ1) is 19.1. The number of benzene rings is 4. The van der Waals surface area contributed by atoms with Crippen molar-refractivity contribution in [1.29, 1.82) is 0 Å². The number of ether oxygens (including phenoxy) is 4. The molecule has 0 aliphatic rings. The van der Waals surface area contributed by atoms with Crippen molar-refractivity contribution in [3.05, 3.63) is 125 Å². The Morgan fingerprint density at radius 2 is 1.36 bits per heavy atom. The fraction of sp³-hybridized carbons (Fsp3) is 0.242. The molecule has 6 heteroatoms. The zero-order valence-corrected chi connectivity index (χ0v) is 22.5. The molecule has 0 radical (unpaired) electrons. The Kier molecular flexibility index (Phi) is 10.4. The van der Waals surface area contributed by atoms with Gasteiger partial charge in [0.1, 0.15) is 18.5 Å². The molecule has 202 valence electrons. The molecule has 0 aliphatic carbocycles. The van der Waals surface area contributed by atoms with Gasteiger partial charge in [0, 0.05) is 13.0 Å². The van der Waals surface area contributed by atoms with Gasteiger partial charge in [-0.1, -0.05) is 78.9 Å². The highest BCUT2D eigenvalue weighted by Gasteiger charge is 2.15. The van der Waals surface area contributed by atoms with Gasteiger partial charge in [0.25, 0.3) is 0 Å². The summed E-state index contributed by atoms with van der Waals surface area (Å²) in [5.74, 6) is 2.06. The van der Waals surface area contributed by atoms with Crippen molar-refractivity contribution in [1.82, 2.24) is 5.32 Å². The Hall–Kier alpha value is -4.29. The van der Waals surface area contributed by atoms with Gasteiger partial charge in [-0.2, -0.15) is 0 Å². The van der Waals surface area contributed by atoms with Crippen molar-refractivity contribution in [3.63, 3.8) is 0 Å². The second kappa shape index (κ2) is 14.6. The fourth-order valence-corrected chi connectivity index (χ4v) is 4.15. The number of nitrogens with one attached hydrogen (secondary N) is 1. The first kappa shape index (κ1) is 27.7. The van der Waals surface area contributed by atoms with Crippen LogP contribution in [0.1, 0.15) is 34.8 Å². The van der Waals surface area contributed by atoms with Crippen molar-refractivity contribution in [2.45, 2.75) is 32.2 Å². The zero-order chi connectivity index (χ0) is 27.3. The van der Waals surface area contributed by atoms with Gasteiger partial charge in [0.15, 0.2) is 11.5 Å². The lowest BCUT2D eigenvalue weighted by Crippen LogP contribution is -2.29. The summed E-state index contributed by atoms with van der Waals surface area (Å²) >= 11 is 0. The summed E-state index contributed by atoms with van der Waals surface area (Å²) in [6.45, 7) is 1.31. The number of carbonyl (C=O) groups is 1. The molecule has 1 atom stereocenters. The van der Waals surface area contributed by atoms with Gasteiger partial charge < -0.3 is 24.3 Å². The van der Waals surface area contributed by atoms with Crippen LogP contribution in [0, 0.1) is 0 Å². The maximum Gasteiger partial charge on any atom is 0.220 e. The third-order valence-electron chi connectivity index (χ3n) is 6.37. The first-order valence-electron chi connectivity index (χ1n) is 13.0. The Morgan fingerprint density at radius 1 is 0.718 bits per heavy atom. The second-order valence-electron chi connectivity index (χ2n) is 9.12. The minimum Gasteiger partial charge on any atom is -0.493 e. The standard InChI is InChI=1S/C33H35NO5/c1-36-30-19-13-25(21-31(30)37-2)14-20-33(35)34-22-32(39-24-27-11-7-4-8-12-27)28-15-17-29(18-16-28)38-23-26-9-5-3-6-10-26/h3-13,15-19,21,32H,14,20,22-24H2,1-2H3,(H,34,35). The van der Waals surface area contributed by atoms with Gasteiger partial charge >= 0.3 is 0 Å². The van der Waals surface area contributed by atoms with Crippen molar-refractivity contribution < 1.29 is 23.7 Å². The van der Waals surface area contributed by atoms with Gasteiger partial charge in [-0.15, -0.1) is 0 Å². The van der Waals surface area contributed by atoms with Crippen molar-refractivity contribution >= 4 is 5.91 Å². The minimum atomic E-state index is -0.307. The van der Waals surface area contributed by atoms with E-state index in [4.69, 9.17) is 18.9 Å². The average Bonchev–Trinajstić information content (AvgIpc) is 3.00. The maximum atomic E-state index is 12.7. The van der Waals surface area contributed by atoms with E-state index in [1.807, 2.05) is 103 Å². The largest absolute Gasteiger partial charge is 0.493 e. The number of hydrogen-bond acceptors (Lipinski definition) is 5. The lowest BCUT2D eigenvalue weighted by Gasteiger charge is -2.20. The summed E-state index contributed by atoms with van der Waals surface area (Å²) in [6.07, 6.45) is 0.640. The molecule has 0 saturated carbocycles. The van der Waals surface area contributed by atoms with Gasteiger partial charge in [-0.05, 0) is 52.9 Å². The average molecular weight is 526 g/mol. The normalized spacial score (nSPS) is 11.4. The highest BCUT2D eigenvalue weighted by molar-refractivity contribution is 5.76. The van der Waals surface area contributed by atoms with E-state index in [0.717, 1.165) is 28.0 Å². The Labute approximate surface area is 230 Å². The van der Waals surface area contributed by atoms with Crippen LogP contribution in [-0.2, 0) is 29.2 Å². The van der Waals surface area contributed by atoms with Crippen LogP contribution in [0.3, 0.4) is 0 Å². The lowest BCUT2D eigenvalue weighted by atomic mass is 10.1. The Bertz CT molecular complexity index is 1290. The smallest absolute Gasteiger partial charge is 0.220 e. The molecule has 0 aromatic heterocycles. The lowest BCUT2D eigenvalue weighted by molar-refractivity contribution is -0.121. The van der Waals surface area contributed by atoms with E-state index in [2.05, 4.69) is 5.32 Å². The molecule has 1 N–H and O–H groups in total. The molecule has 0 heterocycles. The number of methoxy groups -OCH3 is 2. The second-order valence-corrected chi connectivity index (χ2v) is 9.12. The number of carbonyl (C=O) groups excluding carboxylic acids is 1. The molecule has 39 heavy (non-hydrogen) atoms. The monoisotopic (exact) mass is 525 g/mol. The summed E-state index contributed by atoms with van der Waals surface area (Å²) < 4.78 is 22.9. The van der Waals surface area contributed by atoms with Gasteiger partial charge in [0.2, 0.25) is 5.91 Å². The van der Waals surface area contributed by atoms with Crippen LogP contribution < -0.4 is 19.5 Å². The van der Waals surface area contributed by atoms with E-state index in [-0.39, 0.29) is 12.0 Å². The molecule has 1 amide bonds. The van der Waals surface area contributed by atoms with Crippen molar-refractivity contribution in [2.75, 3.05) is 20.8 Å².